The molecule has 1 fully saturated rings. The minimum atomic E-state index is -0.202. The summed E-state index contributed by atoms with van der Waals surface area (Å²) in [7, 11) is 0. The lowest BCUT2D eigenvalue weighted by Crippen LogP contribution is -2.29. The first-order valence-corrected chi connectivity index (χ1v) is 6.86. The fraction of sp³-hybridized carbons (Fsp3) is 0.429. The molecule has 1 heterocycles. The van der Waals surface area contributed by atoms with Gasteiger partial charge in [-0.25, -0.2) is 0 Å². The fourth-order valence-electron chi connectivity index (χ4n) is 2.31. The van der Waals surface area contributed by atoms with Crippen molar-refractivity contribution in [2.24, 2.45) is 5.92 Å². The molecule has 6 heteroatoms. The summed E-state index contributed by atoms with van der Waals surface area (Å²) in [6, 6.07) is 4.83. The van der Waals surface area contributed by atoms with Crippen LogP contribution in [0.5, 0.6) is 0 Å². The molecule has 0 bridgehead atoms. The van der Waals surface area contributed by atoms with Gasteiger partial charge in [0.2, 0.25) is 5.91 Å². The highest BCUT2D eigenvalue weighted by molar-refractivity contribution is 6.34. The Morgan fingerprint density at radius 2 is 2.25 bits per heavy atom. The molecule has 0 radical (unpaired) electrons. The van der Waals surface area contributed by atoms with Crippen LogP contribution in [0.25, 0.3) is 0 Å². The summed E-state index contributed by atoms with van der Waals surface area (Å²) in [5.41, 5.74) is 0.916. The van der Waals surface area contributed by atoms with E-state index in [1.54, 1.807) is 23.1 Å². The lowest BCUT2D eigenvalue weighted by Gasteiger charge is -2.17. The van der Waals surface area contributed by atoms with E-state index in [4.69, 9.17) is 16.7 Å². The van der Waals surface area contributed by atoms with Crippen molar-refractivity contribution in [3.05, 3.63) is 28.8 Å². The Hall–Kier alpha value is -1.59. The maximum absolute atomic E-state index is 12.4. The van der Waals surface area contributed by atoms with E-state index in [9.17, 15) is 9.59 Å². The lowest BCUT2D eigenvalue weighted by atomic mass is 10.1. The highest BCUT2D eigenvalue weighted by Crippen LogP contribution is 2.25. The number of halogens is 1. The van der Waals surface area contributed by atoms with E-state index >= 15 is 0 Å². The number of benzene rings is 1. The zero-order chi connectivity index (χ0) is 14.7. The molecule has 1 aliphatic heterocycles. The average Bonchev–Trinajstić information content (AvgIpc) is 2.88. The zero-order valence-electron chi connectivity index (χ0n) is 11.2. The van der Waals surface area contributed by atoms with Crippen LogP contribution in [0.1, 0.15) is 23.7 Å². The molecule has 1 unspecified atom stereocenters. The van der Waals surface area contributed by atoms with Gasteiger partial charge in [0, 0.05) is 38.2 Å². The number of anilines is 1. The van der Waals surface area contributed by atoms with Crippen molar-refractivity contribution in [1.29, 1.82) is 0 Å². The minimum Gasteiger partial charge on any atom is -0.396 e. The van der Waals surface area contributed by atoms with Gasteiger partial charge in [0.05, 0.1) is 10.6 Å². The van der Waals surface area contributed by atoms with Crippen LogP contribution in [0.2, 0.25) is 5.02 Å². The largest absolute Gasteiger partial charge is 0.396 e. The smallest absolute Gasteiger partial charge is 0.255 e. The van der Waals surface area contributed by atoms with Crippen molar-refractivity contribution in [2.75, 3.05) is 25.0 Å². The summed E-state index contributed by atoms with van der Waals surface area (Å²) in [5, 5.41) is 12.1. The van der Waals surface area contributed by atoms with Crippen LogP contribution < -0.4 is 5.32 Å². The van der Waals surface area contributed by atoms with Crippen molar-refractivity contribution in [2.45, 2.75) is 13.3 Å². The molecule has 1 saturated heterocycles. The number of carbonyl (C=O) groups is 2. The van der Waals surface area contributed by atoms with E-state index in [2.05, 4.69) is 5.32 Å². The van der Waals surface area contributed by atoms with Crippen LogP contribution >= 0.6 is 11.6 Å². The molecule has 5 nitrogen and oxygen atoms in total. The topological polar surface area (TPSA) is 69.6 Å². The summed E-state index contributed by atoms with van der Waals surface area (Å²) in [5.74, 6) is -0.235. The molecule has 0 spiro atoms. The van der Waals surface area contributed by atoms with E-state index in [-0.39, 0.29) is 24.3 Å². The number of rotatable bonds is 3. The van der Waals surface area contributed by atoms with Crippen molar-refractivity contribution in [3.63, 3.8) is 0 Å². The van der Waals surface area contributed by atoms with E-state index < -0.39 is 0 Å². The van der Waals surface area contributed by atoms with Gasteiger partial charge in [-0.15, -0.1) is 0 Å². The van der Waals surface area contributed by atoms with Gasteiger partial charge in [0.15, 0.2) is 0 Å². The van der Waals surface area contributed by atoms with E-state index in [1.165, 1.54) is 6.92 Å². The minimum absolute atomic E-state index is 0.0867. The van der Waals surface area contributed by atoms with Gasteiger partial charge in [-0.3, -0.25) is 9.59 Å². The summed E-state index contributed by atoms with van der Waals surface area (Å²) in [6.45, 7) is 2.65. The SMILES string of the molecule is CC(=O)Nc1ccc(Cl)c(C(=O)N2CCC(CO)C2)c1. The Balaban J connectivity index is 2.18. The first-order valence-electron chi connectivity index (χ1n) is 6.48. The molecule has 2 N–H and O–H groups in total. The third kappa shape index (κ3) is 3.29. The summed E-state index contributed by atoms with van der Waals surface area (Å²) < 4.78 is 0. The Morgan fingerprint density at radius 1 is 1.50 bits per heavy atom. The van der Waals surface area contributed by atoms with Crippen LogP contribution in [-0.2, 0) is 4.79 Å². The third-order valence-electron chi connectivity index (χ3n) is 3.35. The maximum Gasteiger partial charge on any atom is 0.255 e. The first kappa shape index (κ1) is 14.8. The highest BCUT2D eigenvalue weighted by Gasteiger charge is 2.27. The number of hydrogen-bond acceptors (Lipinski definition) is 3. The molecule has 1 atom stereocenters. The van der Waals surface area contributed by atoms with Gasteiger partial charge < -0.3 is 15.3 Å². The molecule has 0 aromatic heterocycles. The van der Waals surface area contributed by atoms with Crippen molar-refractivity contribution >= 4 is 29.1 Å². The van der Waals surface area contributed by atoms with Gasteiger partial charge in [-0.05, 0) is 24.6 Å². The standard InChI is InChI=1S/C14H17ClN2O3/c1-9(19)16-11-2-3-13(15)12(6-11)14(20)17-5-4-10(7-17)8-18/h2-3,6,10,18H,4-5,7-8H2,1H3,(H,16,19). The molecular formula is C14H17ClN2O3. The Labute approximate surface area is 122 Å². The molecule has 108 valence electrons. The summed E-state index contributed by atoms with van der Waals surface area (Å²) in [6.07, 6.45) is 0.797. The fourth-order valence-corrected chi connectivity index (χ4v) is 2.51. The van der Waals surface area contributed by atoms with Gasteiger partial charge in [0.1, 0.15) is 0 Å². The zero-order valence-corrected chi connectivity index (χ0v) is 12.0. The monoisotopic (exact) mass is 296 g/mol. The van der Waals surface area contributed by atoms with Crippen molar-refractivity contribution < 1.29 is 14.7 Å². The number of aliphatic hydroxyl groups is 1. The number of nitrogens with one attached hydrogen (secondary N) is 1. The predicted molar refractivity (Wildman–Crippen MR) is 76.9 cm³/mol. The summed E-state index contributed by atoms with van der Waals surface area (Å²) in [4.78, 5) is 25.1. The number of carbonyl (C=O) groups excluding carboxylic acids is 2. The quantitative estimate of drug-likeness (QED) is 0.893. The number of likely N-dealkylation sites (tertiary alicyclic amines) is 1. The number of aliphatic hydroxyl groups excluding tert-OH is 1. The second kappa shape index (κ2) is 6.24. The normalized spacial score (nSPS) is 18.1. The highest BCUT2D eigenvalue weighted by atomic mass is 35.5. The van der Waals surface area contributed by atoms with Crippen LogP contribution in [-0.4, -0.2) is 41.5 Å². The second-order valence-corrected chi connectivity index (χ2v) is 5.37. The van der Waals surface area contributed by atoms with Gasteiger partial charge in [0.25, 0.3) is 5.91 Å². The van der Waals surface area contributed by atoms with Crippen LogP contribution in [0.3, 0.4) is 0 Å². The molecule has 2 rings (SSSR count). The van der Waals surface area contributed by atoms with Crippen LogP contribution in [0.15, 0.2) is 18.2 Å². The molecule has 0 saturated carbocycles. The number of amides is 2. The summed E-state index contributed by atoms with van der Waals surface area (Å²) >= 11 is 6.07. The van der Waals surface area contributed by atoms with Crippen LogP contribution in [0, 0.1) is 5.92 Å². The number of hydrogen-bond donors (Lipinski definition) is 2. The van der Waals surface area contributed by atoms with Gasteiger partial charge in [-0.2, -0.15) is 0 Å². The average molecular weight is 297 g/mol. The predicted octanol–water partition coefficient (Wildman–Crippen LogP) is 1.75. The Kier molecular flexibility index (Phi) is 4.62. The molecule has 1 aromatic carbocycles. The number of nitrogens with zero attached hydrogens (tertiary/aromatic N) is 1. The molecule has 1 aliphatic rings. The van der Waals surface area contributed by atoms with Crippen molar-refractivity contribution in [1.82, 2.24) is 4.90 Å². The third-order valence-corrected chi connectivity index (χ3v) is 3.68. The maximum atomic E-state index is 12.4. The van der Waals surface area contributed by atoms with Crippen LogP contribution in [0.4, 0.5) is 5.69 Å². The Bertz CT molecular complexity index is 533. The van der Waals surface area contributed by atoms with E-state index in [0.717, 1.165) is 6.42 Å². The Morgan fingerprint density at radius 3 is 2.85 bits per heavy atom. The molecule has 0 aliphatic carbocycles. The molecule has 2 amide bonds. The first-order chi connectivity index (χ1) is 9.51. The van der Waals surface area contributed by atoms with Gasteiger partial charge in [-0.1, -0.05) is 11.6 Å². The molecule has 20 heavy (non-hydrogen) atoms. The molecular weight excluding hydrogens is 280 g/mol. The van der Waals surface area contributed by atoms with E-state index in [1.807, 2.05) is 0 Å². The van der Waals surface area contributed by atoms with Gasteiger partial charge >= 0.3 is 0 Å². The van der Waals surface area contributed by atoms with E-state index in [0.29, 0.717) is 29.4 Å². The van der Waals surface area contributed by atoms with Crippen molar-refractivity contribution in [3.8, 4) is 0 Å². The lowest BCUT2D eigenvalue weighted by molar-refractivity contribution is -0.114. The second-order valence-electron chi connectivity index (χ2n) is 4.96. The molecule has 1 aromatic rings.